The summed E-state index contributed by atoms with van der Waals surface area (Å²) in [6.07, 6.45) is -2.23. The number of nitrogens with zero attached hydrogens (tertiary/aromatic N) is 2. The van der Waals surface area contributed by atoms with Crippen molar-refractivity contribution in [1.29, 1.82) is 0 Å². The zero-order valence-corrected chi connectivity index (χ0v) is 14.7. The summed E-state index contributed by atoms with van der Waals surface area (Å²) in [6.45, 7) is 8.42. The van der Waals surface area contributed by atoms with Crippen molar-refractivity contribution in [1.82, 2.24) is 15.1 Å². The Labute approximate surface area is 145 Å². The van der Waals surface area contributed by atoms with E-state index in [1.54, 1.807) is 6.92 Å². The molecule has 136 valence electrons. The lowest BCUT2D eigenvalue weighted by molar-refractivity contribution is -0.137. The first-order chi connectivity index (χ1) is 11.5. The van der Waals surface area contributed by atoms with Crippen molar-refractivity contribution in [2.45, 2.75) is 40.3 Å². The monoisotopic (exact) mass is 353 g/mol. The maximum absolute atomic E-state index is 12.9. The minimum absolute atomic E-state index is 0.102. The summed E-state index contributed by atoms with van der Waals surface area (Å²) < 4.78 is 39.9. The van der Waals surface area contributed by atoms with E-state index < -0.39 is 11.7 Å². The molecule has 1 amide bonds. The molecule has 0 aliphatic rings. The van der Waals surface area contributed by atoms with Gasteiger partial charge in [-0.1, -0.05) is 26.8 Å². The molecule has 0 aliphatic carbocycles. The van der Waals surface area contributed by atoms with Crippen LogP contribution >= 0.6 is 0 Å². The van der Waals surface area contributed by atoms with Crippen LogP contribution in [0.3, 0.4) is 0 Å². The number of benzene rings is 1. The molecular formula is C18H22F3N3O. The molecule has 2 aromatic rings. The van der Waals surface area contributed by atoms with Gasteiger partial charge >= 0.3 is 6.18 Å². The van der Waals surface area contributed by atoms with E-state index in [4.69, 9.17) is 0 Å². The minimum atomic E-state index is -4.43. The van der Waals surface area contributed by atoms with Crippen molar-refractivity contribution < 1.29 is 18.0 Å². The van der Waals surface area contributed by atoms with Gasteiger partial charge in [0.15, 0.2) is 0 Å². The van der Waals surface area contributed by atoms with Gasteiger partial charge in [0.25, 0.3) is 5.91 Å². The van der Waals surface area contributed by atoms with Crippen LogP contribution in [-0.2, 0) is 6.18 Å². The van der Waals surface area contributed by atoms with Crippen molar-refractivity contribution in [2.24, 2.45) is 5.41 Å². The Kier molecular flexibility index (Phi) is 5.25. The van der Waals surface area contributed by atoms with Crippen LogP contribution < -0.4 is 5.32 Å². The number of aromatic nitrogens is 2. The molecule has 0 radical (unpaired) electrons. The van der Waals surface area contributed by atoms with Crippen molar-refractivity contribution >= 4 is 5.91 Å². The summed E-state index contributed by atoms with van der Waals surface area (Å²) in [4.78, 5) is 12.3. The Morgan fingerprint density at radius 1 is 1.24 bits per heavy atom. The second kappa shape index (κ2) is 6.90. The SMILES string of the molecule is Cc1c(C(=O)NCCC(C)(C)C)cnn1-c1cccc(C(F)(F)F)c1. The average Bonchev–Trinajstić information content (AvgIpc) is 2.87. The maximum atomic E-state index is 12.9. The van der Waals surface area contributed by atoms with Crippen molar-refractivity contribution in [3.05, 3.63) is 47.3 Å². The van der Waals surface area contributed by atoms with Crippen molar-refractivity contribution in [3.63, 3.8) is 0 Å². The summed E-state index contributed by atoms with van der Waals surface area (Å²) in [5.41, 5.74) is 0.459. The number of hydrogen-bond acceptors (Lipinski definition) is 2. The van der Waals surface area contributed by atoms with Crippen LogP contribution in [0.25, 0.3) is 5.69 Å². The molecule has 1 N–H and O–H groups in total. The van der Waals surface area contributed by atoms with E-state index in [1.807, 2.05) is 0 Å². The zero-order valence-electron chi connectivity index (χ0n) is 14.7. The molecule has 0 atom stereocenters. The van der Waals surface area contributed by atoms with Gasteiger partial charge in [-0.05, 0) is 37.0 Å². The Balaban J connectivity index is 2.20. The molecule has 0 spiro atoms. The van der Waals surface area contributed by atoms with Gasteiger partial charge in [-0.25, -0.2) is 4.68 Å². The van der Waals surface area contributed by atoms with Crippen LogP contribution in [0.15, 0.2) is 30.5 Å². The van der Waals surface area contributed by atoms with Crippen molar-refractivity contribution in [2.75, 3.05) is 6.54 Å². The molecular weight excluding hydrogens is 331 g/mol. The molecule has 1 aromatic heterocycles. The number of nitrogens with one attached hydrogen (secondary N) is 1. The normalized spacial score (nSPS) is 12.3. The number of hydrogen-bond donors (Lipinski definition) is 1. The third kappa shape index (κ3) is 4.84. The van der Waals surface area contributed by atoms with Gasteiger partial charge in [0, 0.05) is 6.54 Å². The molecule has 0 fully saturated rings. The first kappa shape index (κ1) is 19.0. The van der Waals surface area contributed by atoms with Crippen LogP contribution in [0.5, 0.6) is 0 Å². The topological polar surface area (TPSA) is 46.9 Å². The van der Waals surface area contributed by atoms with Crippen LogP contribution in [0.4, 0.5) is 13.2 Å². The number of amides is 1. The van der Waals surface area contributed by atoms with Gasteiger partial charge in [0.1, 0.15) is 0 Å². The number of carbonyl (C=O) groups is 1. The number of rotatable bonds is 4. The summed E-state index contributed by atoms with van der Waals surface area (Å²) in [6, 6.07) is 4.86. The lowest BCUT2D eigenvalue weighted by Gasteiger charge is -2.17. The zero-order chi connectivity index (χ0) is 18.8. The molecule has 1 aromatic carbocycles. The highest BCUT2D eigenvalue weighted by Crippen LogP contribution is 2.30. The van der Waals surface area contributed by atoms with E-state index in [0.29, 0.717) is 17.8 Å². The second-order valence-corrected chi connectivity index (χ2v) is 7.17. The largest absolute Gasteiger partial charge is 0.416 e. The molecule has 0 saturated heterocycles. The molecule has 0 bridgehead atoms. The Morgan fingerprint density at radius 3 is 2.52 bits per heavy atom. The smallest absolute Gasteiger partial charge is 0.352 e. The van der Waals surface area contributed by atoms with Crippen molar-refractivity contribution in [3.8, 4) is 5.69 Å². The maximum Gasteiger partial charge on any atom is 0.416 e. The van der Waals surface area contributed by atoms with E-state index in [9.17, 15) is 18.0 Å². The van der Waals surface area contributed by atoms with Crippen LogP contribution in [0.2, 0.25) is 0 Å². The quantitative estimate of drug-likeness (QED) is 0.887. The van der Waals surface area contributed by atoms with Gasteiger partial charge in [0.05, 0.1) is 28.7 Å². The predicted molar refractivity (Wildman–Crippen MR) is 89.7 cm³/mol. The predicted octanol–water partition coefficient (Wildman–Crippen LogP) is 4.37. The van der Waals surface area contributed by atoms with Gasteiger partial charge < -0.3 is 5.32 Å². The van der Waals surface area contributed by atoms with Gasteiger partial charge in [-0.2, -0.15) is 18.3 Å². The molecule has 1 heterocycles. The highest BCUT2D eigenvalue weighted by atomic mass is 19.4. The number of alkyl halides is 3. The summed E-state index contributed by atoms with van der Waals surface area (Å²) in [7, 11) is 0. The molecule has 25 heavy (non-hydrogen) atoms. The molecule has 0 saturated carbocycles. The fraction of sp³-hybridized carbons (Fsp3) is 0.444. The lowest BCUT2D eigenvalue weighted by Crippen LogP contribution is -2.27. The Morgan fingerprint density at radius 2 is 1.92 bits per heavy atom. The Bertz CT molecular complexity index is 758. The van der Waals surface area contributed by atoms with E-state index in [2.05, 4.69) is 31.2 Å². The van der Waals surface area contributed by atoms with E-state index in [1.165, 1.54) is 23.0 Å². The second-order valence-electron chi connectivity index (χ2n) is 7.17. The van der Waals surface area contributed by atoms with Gasteiger partial charge in [0.2, 0.25) is 0 Å². The first-order valence-corrected chi connectivity index (χ1v) is 7.99. The van der Waals surface area contributed by atoms with E-state index >= 15 is 0 Å². The van der Waals surface area contributed by atoms with Crippen LogP contribution in [0.1, 0.15) is 48.8 Å². The van der Waals surface area contributed by atoms with Gasteiger partial charge in [-0.3, -0.25) is 4.79 Å². The average molecular weight is 353 g/mol. The number of carbonyl (C=O) groups excluding carboxylic acids is 1. The third-order valence-electron chi connectivity index (χ3n) is 3.83. The van der Waals surface area contributed by atoms with Gasteiger partial charge in [-0.15, -0.1) is 0 Å². The molecule has 7 heteroatoms. The molecule has 0 unspecified atom stereocenters. The first-order valence-electron chi connectivity index (χ1n) is 7.99. The highest BCUT2D eigenvalue weighted by molar-refractivity contribution is 5.95. The standard InChI is InChI=1S/C18H22F3N3O/c1-12-15(16(25)22-9-8-17(2,3)4)11-23-24(12)14-7-5-6-13(10-14)18(19,20)21/h5-7,10-11H,8-9H2,1-4H3,(H,22,25). The fourth-order valence-electron chi connectivity index (χ4n) is 2.35. The lowest BCUT2D eigenvalue weighted by atomic mass is 9.92. The van der Waals surface area contributed by atoms with E-state index in [-0.39, 0.29) is 17.0 Å². The Hall–Kier alpha value is -2.31. The summed E-state index contributed by atoms with van der Waals surface area (Å²) in [5.74, 6) is -0.278. The summed E-state index contributed by atoms with van der Waals surface area (Å²) >= 11 is 0. The summed E-state index contributed by atoms with van der Waals surface area (Å²) in [5, 5.41) is 6.90. The van der Waals surface area contributed by atoms with E-state index in [0.717, 1.165) is 18.6 Å². The third-order valence-corrected chi connectivity index (χ3v) is 3.83. The fourth-order valence-corrected chi connectivity index (χ4v) is 2.35. The molecule has 0 aliphatic heterocycles. The molecule has 4 nitrogen and oxygen atoms in total. The minimum Gasteiger partial charge on any atom is -0.352 e. The van der Waals surface area contributed by atoms with Crippen LogP contribution in [-0.4, -0.2) is 22.2 Å². The number of halogens is 3. The molecule has 2 rings (SSSR count). The van der Waals surface area contributed by atoms with Crippen LogP contribution in [0, 0.1) is 12.3 Å². The highest BCUT2D eigenvalue weighted by Gasteiger charge is 2.30.